The minimum absolute atomic E-state index is 0.0929. The molecule has 3 N–H and O–H groups in total. The van der Waals surface area contributed by atoms with Gasteiger partial charge < -0.3 is 5.11 Å². The molecule has 0 radical (unpaired) electrons. The number of aliphatic hydroxyl groups excluding tert-OH is 1. The highest BCUT2D eigenvalue weighted by Gasteiger charge is 2.19. The molecule has 0 fully saturated rings. The van der Waals surface area contributed by atoms with Gasteiger partial charge in [0.15, 0.2) is 0 Å². The van der Waals surface area contributed by atoms with Crippen molar-refractivity contribution in [2.24, 2.45) is 0 Å². The summed E-state index contributed by atoms with van der Waals surface area (Å²) < 4.78 is 0. The van der Waals surface area contributed by atoms with Gasteiger partial charge in [-0.2, -0.15) is 5.48 Å². The third kappa shape index (κ3) is 5.92. The first-order valence-corrected chi connectivity index (χ1v) is 7.58. The molecule has 0 unspecified atom stereocenters. The summed E-state index contributed by atoms with van der Waals surface area (Å²) in [5.74, 6) is -1.07. The first-order valence-electron chi connectivity index (χ1n) is 7.58. The predicted octanol–water partition coefficient (Wildman–Crippen LogP) is 0.954. The van der Waals surface area contributed by atoms with Crippen molar-refractivity contribution in [1.29, 1.82) is 0 Å². The highest BCUT2D eigenvalue weighted by Crippen LogP contribution is 2.01. The van der Waals surface area contributed by atoms with Crippen molar-refractivity contribution in [2.45, 2.75) is 19.1 Å². The predicted molar refractivity (Wildman–Crippen MR) is 88.5 cm³/mol. The first-order chi connectivity index (χ1) is 11.7. The van der Waals surface area contributed by atoms with E-state index in [2.05, 4.69) is 10.8 Å². The zero-order valence-corrected chi connectivity index (χ0v) is 13.1. The van der Waals surface area contributed by atoms with E-state index in [1.54, 1.807) is 12.1 Å². The molecular weight excluding hydrogens is 308 g/mol. The van der Waals surface area contributed by atoms with Gasteiger partial charge in [-0.15, -0.1) is 0 Å². The summed E-state index contributed by atoms with van der Waals surface area (Å²) in [7, 11) is 0. The number of imide groups is 1. The smallest absolute Gasteiger partial charge is 0.248 e. The Balaban J connectivity index is 1.77. The van der Waals surface area contributed by atoms with Crippen LogP contribution in [0.1, 0.15) is 11.1 Å². The lowest BCUT2D eigenvalue weighted by atomic mass is 10.1. The highest BCUT2D eigenvalue weighted by atomic mass is 16.6. The molecule has 0 aliphatic heterocycles. The number of hydrogen-bond donors (Lipinski definition) is 3. The fourth-order valence-corrected chi connectivity index (χ4v) is 2.02. The molecule has 24 heavy (non-hydrogen) atoms. The summed E-state index contributed by atoms with van der Waals surface area (Å²) in [6.45, 7) is -0.248. The maximum absolute atomic E-state index is 12.0. The number of nitrogens with one attached hydrogen (secondary N) is 2. The summed E-state index contributed by atoms with van der Waals surface area (Å²) in [6.07, 6.45) is 0.0929. The summed E-state index contributed by atoms with van der Waals surface area (Å²) in [5, 5.41) is 11.5. The van der Waals surface area contributed by atoms with E-state index in [-0.39, 0.29) is 13.0 Å². The first kappa shape index (κ1) is 17.8. The summed E-state index contributed by atoms with van der Waals surface area (Å²) in [5.41, 5.74) is 4.19. The molecule has 126 valence electrons. The Hall–Kier alpha value is -2.54. The number of rotatable bonds is 8. The molecule has 2 aromatic carbocycles. The molecule has 6 nitrogen and oxygen atoms in total. The second-order valence-electron chi connectivity index (χ2n) is 5.20. The molecule has 1 atom stereocenters. The van der Waals surface area contributed by atoms with Crippen LogP contribution in [0.25, 0.3) is 0 Å². The second kappa shape index (κ2) is 9.57. The molecule has 2 aromatic rings. The standard InChI is InChI=1S/C18H20N2O4/c21-12-16(20-24-13-15-9-5-2-6-10-15)18(23)19-17(22)11-14-7-3-1-4-8-14/h1-10,16,20-21H,11-13H2,(H,19,22,23)/t16-/m0/s1. The van der Waals surface area contributed by atoms with Gasteiger partial charge in [0, 0.05) is 0 Å². The van der Waals surface area contributed by atoms with Crippen LogP contribution in [-0.4, -0.2) is 29.6 Å². The summed E-state index contributed by atoms with van der Waals surface area (Å²) >= 11 is 0. The lowest BCUT2D eigenvalue weighted by Crippen LogP contribution is -2.48. The lowest BCUT2D eigenvalue weighted by Gasteiger charge is -2.15. The van der Waals surface area contributed by atoms with Gasteiger partial charge in [0.05, 0.1) is 19.6 Å². The van der Waals surface area contributed by atoms with Gasteiger partial charge in [-0.3, -0.25) is 19.7 Å². The van der Waals surface area contributed by atoms with Crippen LogP contribution in [0.3, 0.4) is 0 Å². The van der Waals surface area contributed by atoms with Crippen LogP contribution in [0, 0.1) is 0 Å². The van der Waals surface area contributed by atoms with E-state index in [0.29, 0.717) is 0 Å². The minimum atomic E-state index is -1.02. The van der Waals surface area contributed by atoms with E-state index in [1.165, 1.54) is 0 Å². The van der Waals surface area contributed by atoms with Crippen LogP contribution in [0.5, 0.6) is 0 Å². The van der Waals surface area contributed by atoms with Crippen LogP contribution in [0.15, 0.2) is 60.7 Å². The third-order valence-electron chi connectivity index (χ3n) is 3.28. The molecule has 0 aliphatic carbocycles. The van der Waals surface area contributed by atoms with Gasteiger partial charge in [0.1, 0.15) is 6.04 Å². The molecule has 0 spiro atoms. The number of amides is 2. The highest BCUT2D eigenvalue weighted by molar-refractivity contribution is 5.98. The largest absolute Gasteiger partial charge is 0.394 e. The molecule has 0 aliphatic rings. The molecule has 6 heteroatoms. The minimum Gasteiger partial charge on any atom is -0.394 e. The number of carbonyl (C=O) groups excluding carboxylic acids is 2. The van der Waals surface area contributed by atoms with Crippen molar-refractivity contribution in [3.8, 4) is 0 Å². The van der Waals surface area contributed by atoms with Crippen LogP contribution in [-0.2, 0) is 27.5 Å². The zero-order chi connectivity index (χ0) is 17.2. The molecule has 0 aromatic heterocycles. The molecule has 0 bridgehead atoms. The average Bonchev–Trinajstić information content (AvgIpc) is 2.60. The monoisotopic (exact) mass is 328 g/mol. The van der Waals surface area contributed by atoms with Gasteiger partial charge in [-0.05, 0) is 11.1 Å². The van der Waals surface area contributed by atoms with Gasteiger partial charge in [0.2, 0.25) is 11.8 Å². The van der Waals surface area contributed by atoms with E-state index in [4.69, 9.17) is 4.84 Å². The Bertz CT molecular complexity index is 647. The number of carbonyl (C=O) groups is 2. The van der Waals surface area contributed by atoms with Crippen molar-refractivity contribution in [1.82, 2.24) is 10.8 Å². The molecule has 2 amide bonds. The Morgan fingerprint density at radius 1 is 0.958 bits per heavy atom. The second-order valence-corrected chi connectivity index (χ2v) is 5.20. The number of aliphatic hydroxyl groups is 1. The van der Waals surface area contributed by atoms with Gasteiger partial charge in [-0.1, -0.05) is 60.7 Å². The van der Waals surface area contributed by atoms with Crippen LogP contribution in [0.2, 0.25) is 0 Å². The van der Waals surface area contributed by atoms with E-state index >= 15 is 0 Å². The van der Waals surface area contributed by atoms with Crippen LogP contribution < -0.4 is 10.8 Å². The van der Waals surface area contributed by atoms with E-state index < -0.39 is 24.5 Å². The summed E-state index contributed by atoms with van der Waals surface area (Å²) in [6, 6.07) is 17.4. The topological polar surface area (TPSA) is 87.7 Å². The van der Waals surface area contributed by atoms with Crippen LogP contribution >= 0.6 is 0 Å². The normalized spacial score (nSPS) is 11.7. The Labute approximate surface area is 140 Å². The van der Waals surface area contributed by atoms with Crippen LogP contribution in [0.4, 0.5) is 0 Å². The van der Waals surface area contributed by atoms with Gasteiger partial charge in [0.25, 0.3) is 0 Å². The lowest BCUT2D eigenvalue weighted by molar-refractivity contribution is -0.135. The summed E-state index contributed by atoms with van der Waals surface area (Å²) in [4.78, 5) is 29.1. The Morgan fingerprint density at radius 2 is 1.54 bits per heavy atom. The molecule has 0 saturated heterocycles. The van der Waals surface area contributed by atoms with Crippen molar-refractivity contribution in [3.05, 3.63) is 71.8 Å². The fourth-order valence-electron chi connectivity index (χ4n) is 2.02. The van der Waals surface area contributed by atoms with Gasteiger partial charge >= 0.3 is 0 Å². The number of hydroxylamine groups is 1. The van der Waals surface area contributed by atoms with E-state index in [1.807, 2.05) is 48.5 Å². The number of hydrogen-bond acceptors (Lipinski definition) is 5. The SMILES string of the molecule is O=C(Cc1ccccc1)NC(=O)[C@H](CO)NOCc1ccccc1. The van der Waals surface area contributed by atoms with Crippen molar-refractivity contribution in [3.63, 3.8) is 0 Å². The van der Waals surface area contributed by atoms with E-state index in [9.17, 15) is 14.7 Å². The zero-order valence-electron chi connectivity index (χ0n) is 13.1. The Kier molecular flexibility index (Phi) is 7.10. The molecule has 0 saturated carbocycles. The molecular formula is C18H20N2O4. The quantitative estimate of drug-likeness (QED) is 0.628. The fraction of sp³-hybridized carbons (Fsp3) is 0.222. The molecule has 2 rings (SSSR count). The van der Waals surface area contributed by atoms with Crippen molar-refractivity contribution in [2.75, 3.05) is 6.61 Å². The Morgan fingerprint density at radius 3 is 2.12 bits per heavy atom. The average molecular weight is 328 g/mol. The maximum atomic E-state index is 12.0. The third-order valence-corrected chi connectivity index (χ3v) is 3.28. The molecule has 0 heterocycles. The number of benzene rings is 2. The van der Waals surface area contributed by atoms with E-state index in [0.717, 1.165) is 11.1 Å². The van der Waals surface area contributed by atoms with Gasteiger partial charge in [-0.25, -0.2) is 0 Å². The van der Waals surface area contributed by atoms with Crippen molar-refractivity contribution >= 4 is 11.8 Å². The maximum Gasteiger partial charge on any atom is 0.248 e. The van der Waals surface area contributed by atoms with Crippen molar-refractivity contribution < 1.29 is 19.5 Å².